The molecule has 0 spiro atoms. The second kappa shape index (κ2) is 8.64. The minimum Gasteiger partial charge on any atom is -0.481 e. The highest BCUT2D eigenvalue weighted by Gasteiger charge is 2.32. The highest BCUT2D eigenvalue weighted by atomic mass is 16.4. The van der Waals surface area contributed by atoms with Gasteiger partial charge in [-0.15, -0.1) is 0 Å². The molecule has 5 nitrogen and oxygen atoms in total. The molecule has 0 bridgehead atoms. The number of aryl methyl sites for hydroxylation is 1. The van der Waals surface area contributed by atoms with Crippen LogP contribution < -0.4 is 0 Å². The van der Waals surface area contributed by atoms with Crippen molar-refractivity contribution < 1.29 is 9.90 Å². The van der Waals surface area contributed by atoms with Crippen molar-refractivity contribution in [2.75, 3.05) is 19.6 Å². The van der Waals surface area contributed by atoms with Gasteiger partial charge in [0, 0.05) is 25.9 Å². The van der Waals surface area contributed by atoms with Crippen molar-refractivity contribution in [1.29, 1.82) is 0 Å². The number of nitrogens with one attached hydrogen (secondary N) is 1. The highest BCUT2D eigenvalue weighted by molar-refractivity contribution is 5.75. The van der Waals surface area contributed by atoms with Gasteiger partial charge in [0.15, 0.2) is 0 Å². The molecule has 28 heavy (non-hydrogen) atoms. The lowest BCUT2D eigenvalue weighted by atomic mass is 9.80. The summed E-state index contributed by atoms with van der Waals surface area (Å²) in [7, 11) is 0. The number of aliphatic carboxylic acids is 1. The maximum Gasteiger partial charge on any atom is 0.303 e. The molecule has 1 saturated carbocycles. The molecule has 2 heterocycles. The normalized spacial score (nSPS) is 24.6. The number of nitrogens with zero attached hydrogens (tertiary/aromatic N) is 2. The molecule has 152 valence electrons. The average Bonchev–Trinajstić information content (AvgIpc) is 3.06. The van der Waals surface area contributed by atoms with Crippen LogP contribution in [0.2, 0.25) is 0 Å². The fraction of sp³-hybridized carbons (Fsp3) is 0.652. The fourth-order valence-corrected chi connectivity index (χ4v) is 5.30. The van der Waals surface area contributed by atoms with Gasteiger partial charge >= 0.3 is 5.97 Å². The van der Waals surface area contributed by atoms with Crippen LogP contribution in [-0.4, -0.2) is 45.6 Å². The van der Waals surface area contributed by atoms with Crippen LogP contribution in [-0.2, 0) is 11.2 Å². The number of aromatic nitrogens is 2. The van der Waals surface area contributed by atoms with Crippen molar-refractivity contribution in [2.24, 2.45) is 17.8 Å². The molecule has 1 aromatic carbocycles. The molecule has 1 aliphatic heterocycles. The summed E-state index contributed by atoms with van der Waals surface area (Å²) < 4.78 is 0. The van der Waals surface area contributed by atoms with Crippen molar-refractivity contribution in [3.8, 4) is 0 Å². The van der Waals surface area contributed by atoms with Gasteiger partial charge in [-0.2, -0.15) is 0 Å². The van der Waals surface area contributed by atoms with Gasteiger partial charge in [0.05, 0.1) is 11.0 Å². The van der Waals surface area contributed by atoms with Crippen LogP contribution in [0.15, 0.2) is 18.2 Å². The van der Waals surface area contributed by atoms with Crippen LogP contribution in [0.4, 0.5) is 0 Å². The zero-order valence-electron chi connectivity index (χ0n) is 17.0. The van der Waals surface area contributed by atoms with Gasteiger partial charge in [0.1, 0.15) is 5.82 Å². The summed E-state index contributed by atoms with van der Waals surface area (Å²) in [6, 6.07) is 6.29. The van der Waals surface area contributed by atoms with E-state index < -0.39 is 5.97 Å². The number of piperidine rings is 1. The zero-order chi connectivity index (χ0) is 19.5. The number of fused-ring (bicyclic) bond motifs is 1. The Balaban J connectivity index is 1.46. The molecule has 1 aliphatic carbocycles. The number of aromatic amines is 1. The van der Waals surface area contributed by atoms with Crippen molar-refractivity contribution in [3.05, 3.63) is 29.6 Å². The van der Waals surface area contributed by atoms with Gasteiger partial charge in [-0.3, -0.25) is 4.79 Å². The third kappa shape index (κ3) is 4.75. The monoisotopic (exact) mass is 383 g/mol. The number of H-pyrrole nitrogens is 1. The summed E-state index contributed by atoms with van der Waals surface area (Å²) in [6.45, 7) is 5.33. The van der Waals surface area contributed by atoms with Crippen LogP contribution >= 0.6 is 0 Å². The molecule has 4 rings (SSSR count). The Bertz CT molecular complexity index is 809. The van der Waals surface area contributed by atoms with Gasteiger partial charge in [-0.1, -0.05) is 25.3 Å². The first-order valence-corrected chi connectivity index (χ1v) is 11.0. The molecule has 2 N–H and O–H groups in total. The zero-order valence-corrected chi connectivity index (χ0v) is 17.0. The van der Waals surface area contributed by atoms with Crippen LogP contribution in [0.3, 0.4) is 0 Å². The maximum absolute atomic E-state index is 11.4. The van der Waals surface area contributed by atoms with Gasteiger partial charge in [0.25, 0.3) is 0 Å². The highest BCUT2D eigenvalue weighted by Crippen LogP contribution is 2.32. The van der Waals surface area contributed by atoms with Crippen molar-refractivity contribution in [3.63, 3.8) is 0 Å². The minimum absolute atomic E-state index is 0.245. The molecule has 0 radical (unpaired) electrons. The molecule has 1 aromatic heterocycles. The largest absolute Gasteiger partial charge is 0.481 e. The third-order valence-electron chi connectivity index (χ3n) is 6.80. The van der Waals surface area contributed by atoms with E-state index in [4.69, 9.17) is 4.98 Å². The molecule has 0 amide bonds. The maximum atomic E-state index is 11.4. The van der Waals surface area contributed by atoms with E-state index in [1.54, 1.807) is 0 Å². The quantitative estimate of drug-likeness (QED) is 0.775. The summed E-state index contributed by atoms with van der Waals surface area (Å²) in [6.07, 6.45) is 8.98. The van der Waals surface area contributed by atoms with E-state index in [0.29, 0.717) is 5.92 Å². The molecular weight excluding hydrogens is 350 g/mol. The molecular formula is C23H33N3O2. The number of likely N-dealkylation sites (tertiary alicyclic amines) is 1. The van der Waals surface area contributed by atoms with Gasteiger partial charge in [-0.05, 0) is 68.2 Å². The SMILES string of the molecule is Cc1ccc2nc(C[C@H]3CN(CC4CCCCC4)CC[C@H]3CC(=O)O)[nH]c2c1. The first-order chi connectivity index (χ1) is 13.6. The lowest BCUT2D eigenvalue weighted by Gasteiger charge is -2.40. The third-order valence-corrected chi connectivity index (χ3v) is 6.80. The Morgan fingerprint density at radius 1 is 1.21 bits per heavy atom. The summed E-state index contributed by atoms with van der Waals surface area (Å²) >= 11 is 0. The van der Waals surface area contributed by atoms with Gasteiger partial charge in [0.2, 0.25) is 0 Å². The van der Waals surface area contributed by atoms with E-state index >= 15 is 0 Å². The summed E-state index contributed by atoms with van der Waals surface area (Å²) in [5.41, 5.74) is 3.31. The Morgan fingerprint density at radius 3 is 2.82 bits per heavy atom. The van der Waals surface area contributed by atoms with E-state index in [-0.39, 0.29) is 12.3 Å². The smallest absolute Gasteiger partial charge is 0.303 e. The number of hydrogen-bond donors (Lipinski definition) is 2. The fourth-order valence-electron chi connectivity index (χ4n) is 5.30. The van der Waals surface area contributed by atoms with Crippen molar-refractivity contribution >= 4 is 17.0 Å². The van der Waals surface area contributed by atoms with Gasteiger partial charge < -0.3 is 15.0 Å². The molecule has 2 aliphatic rings. The van der Waals surface area contributed by atoms with Crippen LogP contribution in [0.25, 0.3) is 11.0 Å². The molecule has 1 saturated heterocycles. The van der Waals surface area contributed by atoms with Crippen LogP contribution in [0.1, 0.15) is 56.3 Å². The van der Waals surface area contributed by atoms with E-state index in [0.717, 1.165) is 48.7 Å². The van der Waals surface area contributed by atoms with Crippen LogP contribution in [0, 0.1) is 24.7 Å². The second-order valence-corrected chi connectivity index (χ2v) is 9.08. The van der Waals surface area contributed by atoms with E-state index in [1.165, 1.54) is 44.2 Å². The number of rotatable bonds is 6. The lowest BCUT2D eigenvalue weighted by molar-refractivity contribution is -0.139. The van der Waals surface area contributed by atoms with E-state index in [1.807, 2.05) is 0 Å². The Morgan fingerprint density at radius 2 is 2.04 bits per heavy atom. The predicted octanol–water partition coefficient (Wildman–Crippen LogP) is 4.41. The Hall–Kier alpha value is -1.88. The van der Waals surface area contributed by atoms with E-state index in [2.05, 4.69) is 35.0 Å². The molecule has 0 unspecified atom stereocenters. The molecule has 2 atom stereocenters. The van der Waals surface area contributed by atoms with Gasteiger partial charge in [-0.25, -0.2) is 4.98 Å². The second-order valence-electron chi connectivity index (χ2n) is 9.08. The number of imidazole rings is 1. The van der Waals surface area contributed by atoms with E-state index in [9.17, 15) is 9.90 Å². The number of carboxylic acid groups (broad SMARTS) is 1. The number of hydrogen-bond acceptors (Lipinski definition) is 3. The number of carboxylic acids is 1. The lowest BCUT2D eigenvalue weighted by Crippen LogP contribution is -2.44. The average molecular weight is 384 g/mol. The first kappa shape index (κ1) is 19.4. The van der Waals surface area contributed by atoms with Crippen molar-refractivity contribution in [1.82, 2.24) is 14.9 Å². The summed E-state index contributed by atoms with van der Waals surface area (Å²) in [5, 5.41) is 9.38. The minimum atomic E-state index is -0.670. The molecule has 2 fully saturated rings. The Kier molecular flexibility index (Phi) is 6.00. The molecule has 2 aromatic rings. The number of benzene rings is 1. The van der Waals surface area contributed by atoms with Crippen LogP contribution in [0.5, 0.6) is 0 Å². The standard InChI is InChI=1S/C23H33N3O2/c1-16-7-8-20-21(11-16)25-22(24-20)12-19-15-26(10-9-18(19)13-23(27)28)14-17-5-3-2-4-6-17/h7-8,11,17-19H,2-6,9-10,12-15H2,1H3,(H,24,25)(H,27,28)/t18-,19-/m0/s1. The van der Waals surface area contributed by atoms with Crippen molar-refractivity contribution in [2.45, 2.75) is 58.3 Å². The topological polar surface area (TPSA) is 69.2 Å². The molecule has 5 heteroatoms. The predicted molar refractivity (Wildman–Crippen MR) is 111 cm³/mol. The number of carbonyl (C=O) groups is 1. The Labute approximate surface area is 167 Å². The first-order valence-electron chi connectivity index (χ1n) is 11.0. The summed E-state index contributed by atoms with van der Waals surface area (Å²) in [5.74, 6) is 1.77. The summed E-state index contributed by atoms with van der Waals surface area (Å²) in [4.78, 5) is 22.3.